The van der Waals surface area contributed by atoms with Crippen LogP contribution in [-0.4, -0.2) is 44.1 Å². The molecule has 1 aromatic rings. The molecule has 8 nitrogen and oxygen atoms in total. The number of aromatic nitrogens is 2. The van der Waals surface area contributed by atoms with Crippen molar-refractivity contribution < 1.29 is 24.6 Å². The first-order valence-electron chi connectivity index (χ1n) is 5.70. The molecule has 1 amide bonds. The molecule has 1 aromatic heterocycles. The summed E-state index contributed by atoms with van der Waals surface area (Å²) in [5.41, 5.74) is 0.596. The number of carboxylic acid groups (broad SMARTS) is 2. The van der Waals surface area contributed by atoms with E-state index in [1.807, 2.05) is 0 Å². The van der Waals surface area contributed by atoms with Crippen LogP contribution in [0.3, 0.4) is 0 Å². The van der Waals surface area contributed by atoms with E-state index >= 15 is 0 Å². The van der Waals surface area contributed by atoms with Crippen LogP contribution in [-0.2, 0) is 20.8 Å². The van der Waals surface area contributed by atoms with E-state index in [2.05, 4.69) is 15.3 Å². The molecule has 1 atom stereocenters. The van der Waals surface area contributed by atoms with Crippen LogP contribution < -0.4 is 5.32 Å². The molecule has 0 radical (unpaired) electrons. The summed E-state index contributed by atoms with van der Waals surface area (Å²) in [7, 11) is 0. The number of amides is 1. The zero-order chi connectivity index (χ0) is 14.3. The van der Waals surface area contributed by atoms with Crippen molar-refractivity contribution >= 4 is 17.8 Å². The molecule has 0 fully saturated rings. The molecule has 0 saturated carbocycles. The zero-order valence-electron chi connectivity index (χ0n) is 10.1. The molecule has 1 rings (SSSR count). The molecule has 0 aliphatic rings. The Bertz CT molecular complexity index is 443. The van der Waals surface area contributed by atoms with E-state index in [1.54, 1.807) is 0 Å². The highest BCUT2D eigenvalue weighted by atomic mass is 16.4. The number of H-pyrrole nitrogens is 1. The zero-order valence-corrected chi connectivity index (χ0v) is 10.1. The van der Waals surface area contributed by atoms with Gasteiger partial charge < -0.3 is 20.5 Å². The second-order valence-electron chi connectivity index (χ2n) is 3.99. The lowest BCUT2D eigenvalue weighted by atomic mass is 10.1. The molecule has 4 N–H and O–H groups in total. The molecular formula is C11H15N3O5. The average molecular weight is 269 g/mol. The Kier molecular flexibility index (Phi) is 5.52. The number of carbonyl (C=O) groups excluding carboxylic acids is 1. The van der Waals surface area contributed by atoms with E-state index in [9.17, 15) is 14.4 Å². The molecule has 8 heteroatoms. The second kappa shape index (κ2) is 7.14. The molecule has 0 bridgehead atoms. The lowest BCUT2D eigenvalue weighted by Crippen LogP contribution is -2.42. The Labute approximate surface area is 108 Å². The predicted octanol–water partition coefficient (Wildman–Crippen LogP) is -0.224. The fourth-order valence-electron chi connectivity index (χ4n) is 1.48. The minimum atomic E-state index is -1.15. The van der Waals surface area contributed by atoms with E-state index < -0.39 is 23.9 Å². The summed E-state index contributed by atoms with van der Waals surface area (Å²) >= 11 is 0. The van der Waals surface area contributed by atoms with Gasteiger partial charge in [0.15, 0.2) is 0 Å². The van der Waals surface area contributed by atoms with Gasteiger partial charge in [0.1, 0.15) is 6.04 Å². The standard InChI is InChI=1S/C11H15N3O5/c15-9(2-1-3-10(16)17)14-8(11(18)19)4-7-5-12-6-13-7/h5-6,8H,1-4H2,(H,12,13)(H,14,15)(H,16,17)(H,18,19)/t8-/m0/s1. The van der Waals surface area contributed by atoms with Crippen LogP contribution >= 0.6 is 0 Å². The lowest BCUT2D eigenvalue weighted by molar-refractivity contribution is -0.142. The number of rotatable bonds is 8. The quantitative estimate of drug-likeness (QED) is 0.515. The summed E-state index contributed by atoms with van der Waals surface area (Å²) in [5, 5.41) is 19.8. The van der Waals surface area contributed by atoms with Gasteiger partial charge in [-0.2, -0.15) is 0 Å². The Hall–Kier alpha value is -2.38. The van der Waals surface area contributed by atoms with Crippen molar-refractivity contribution in [2.45, 2.75) is 31.7 Å². The largest absolute Gasteiger partial charge is 0.481 e. The third kappa shape index (κ3) is 5.66. The van der Waals surface area contributed by atoms with Crippen LogP contribution in [0.5, 0.6) is 0 Å². The predicted molar refractivity (Wildman–Crippen MR) is 63.3 cm³/mol. The van der Waals surface area contributed by atoms with Crippen molar-refractivity contribution in [1.82, 2.24) is 15.3 Å². The van der Waals surface area contributed by atoms with Crippen molar-refractivity contribution in [2.24, 2.45) is 0 Å². The van der Waals surface area contributed by atoms with Gasteiger partial charge in [0.2, 0.25) is 5.91 Å². The second-order valence-corrected chi connectivity index (χ2v) is 3.99. The average Bonchev–Trinajstić information content (AvgIpc) is 2.80. The van der Waals surface area contributed by atoms with E-state index in [4.69, 9.17) is 10.2 Å². The summed E-state index contributed by atoms with van der Waals surface area (Å²) in [5.74, 6) is -2.62. The Morgan fingerprint density at radius 1 is 1.32 bits per heavy atom. The van der Waals surface area contributed by atoms with Crippen LogP contribution in [0, 0.1) is 0 Å². The van der Waals surface area contributed by atoms with Gasteiger partial charge in [-0.1, -0.05) is 0 Å². The number of imidazole rings is 1. The first kappa shape index (κ1) is 14.7. The van der Waals surface area contributed by atoms with Crippen molar-refractivity contribution in [1.29, 1.82) is 0 Å². The monoisotopic (exact) mass is 269 g/mol. The first-order chi connectivity index (χ1) is 8.99. The topological polar surface area (TPSA) is 132 Å². The molecule has 1 heterocycles. The van der Waals surface area contributed by atoms with Crippen molar-refractivity contribution in [3.8, 4) is 0 Å². The van der Waals surface area contributed by atoms with Gasteiger partial charge in [0.25, 0.3) is 0 Å². The van der Waals surface area contributed by atoms with Crippen LogP contribution in [0.15, 0.2) is 12.5 Å². The van der Waals surface area contributed by atoms with Gasteiger partial charge in [-0.25, -0.2) is 9.78 Å². The molecule has 0 aliphatic heterocycles. The van der Waals surface area contributed by atoms with Gasteiger partial charge in [-0.15, -0.1) is 0 Å². The van der Waals surface area contributed by atoms with Crippen LogP contribution in [0.4, 0.5) is 0 Å². The number of nitrogens with zero attached hydrogens (tertiary/aromatic N) is 1. The Morgan fingerprint density at radius 2 is 2.05 bits per heavy atom. The molecule has 0 spiro atoms. The number of nitrogens with one attached hydrogen (secondary N) is 2. The third-order valence-electron chi connectivity index (χ3n) is 2.41. The van der Waals surface area contributed by atoms with Crippen molar-refractivity contribution in [3.63, 3.8) is 0 Å². The number of hydrogen-bond acceptors (Lipinski definition) is 4. The van der Waals surface area contributed by atoms with E-state index in [-0.39, 0.29) is 25.7 Å². The molecule has 0 aromatic carbocycles. The maximum absolute atomic E-state index is 11.5. The molecule has 0 saturated heterocycles. The normalized spacial score (nSPS) is 11.8. The maximum atomic E-state index is 11.5. The van der Waals surface area contributed by atoms with Crippen LogP contribution in [0.25, 0.3) is 0 Å². The maximum Gasteiger partial charge on any atom is 0.326 e. The fraction of sp³-hybridized carbons (Fsp3) is 0.455. The first-order valence-corrected chi connectivity index (χ1v) is 5.70. The minimum Gasteiger partial charge on any atom is -0.481 e. The SMILES string of the molecule is O=C(O)CCCC(=O)N[C@@H](Cc1cnc[nH]1)C(=O)O. The van der Waals surface area contributed by atoms with E-state index in [0.29, 0.717) is 5.69 Å². The molecule has 104 valence electrons. The highest BCUT2D eigenvalue weighted by molar-refractivity contribution is 5.83. The molecular weight excluding hydrogens is 254 g/mol. The lowest BCUT2D eigenvalue weighted by Gasteiger charge is -2.13. The summed E-state index contributed by atoms with van der Waals surface area (Å²) in [6.45, 7) is 0. The van der Waals surface area contributed by atoms with Gasteiger partial charge in [-0.05, 0) is 6.42 Å². The number of hydrogen-bond donors (Lipinski definition) is 4. The Balaban J connectivity index is 2.42. The number of carboxylic acids is 2. The van der Waals surface area contributed by atoms with Crippen LogP contribution in [0.1, 0.15) is 25.0 Å². The molecule has 0 unspecified atom stereocenters. The van der Waals surface area contributed by atoms with Crippen molar-refractivity contribution in [2.75, 3.05) is 0 Å². The summed E-state index contributed by atoms with van der Waals surface area (Å²) in [6.07, 6.45) is 3.04. The van der Waals surface area contributed by atoms with E-state index in [1.165, 1.54) is 12.5 Å². The van der Waals surface area contributed by atoms with Crippen LogP contribution in [0.2, 0.25) is 0 Å². The summed E-state index contributed by atoms with van der Waals surface area (Å²) in [4.78, 5) is 39.3. The van der Waals surface area contributed by atoms with Gasteiger partial charge in [0.05, 0.1) is 6.33 Å². The highest BCUT2D eigenvalue weighted by Crippen LogP contribution is 2.01. The number of aliphatic carboxylic acids is 2. The number of aromatic amines is 1. The fourth-order valence-corrected chi connectivity index (χ4v) is 1.48. The van der Waals surface area contributed by atoms with E-state index in [0.717, 1.165) is 0 Å². The van der Waals surface area contributed by atoms with Gasteiger partial charge in [-0.3, -0.25) is 9.59 Å². The molecule has 0 aliphatic carbocycles. The smallest absolute Gasteiger partial charge is 0.326 e. The molecule has 19 heavy (non-hydrogen) atoms. The highest BCUT2D eigenvalue weighted by Gasteiger charge is 2.20. The number of carbonyl (C=O) groups is 3. The summed E-state index contributed by atoms with van der Waals surface area (Å²) in [6, 6.07) is -1.06. The van der Waals surface area contributed by atoms with Crippen molar-refractivity contribution in [3.05, 3.63) is 18.2 Å². The minimum absolute atomic E-state index is 0.0148. The summed E-state index contributed by atoms with van der Waals surface area (Å²) < 4.78 is 0. The van der Waals surface area contributed by atoms with Gasteiger partial charge in [0, 0.05) is 31.2 Å². The van der Waals surface area contributed by atoms with Gasteiger partial charge >= 0.3 is 11.9 Å². The Morgan fingerprint density at radius 3 is 2.58 bits per heavy atom. The third-order valence-corrected chi connectivity index (χ3v) is 2.41.